The topological polar surface area (TPSA) is 32.8 Å². The van der Waals surface area contributed by atoms with Gasteiger partial charge in [0.15, 0.2) is 0 Å². The smallest absolute Gasteiger partial charge is 0.307 e. The second-order valence-electron chi connectivity index (χ2n) is 4.86. The number of methoxy groups -OCH3 is 1. The van der Waals surface area contributed by atoms with Gasteiger partial charge in [-0.2, -0.15) is 0 Å². The van der Waals surface area contributed by atoms with E-state index in [4.69, 9.17) is 4.74 Å². The summed E-state index contributed by atoms with van der Waals surface area (Å²) in [5.41, 5.74) is 0. The van der Waals surface area contributed by atoms with Crippen LogP contribution in [0.1, 0.15) is 26.2 Å². The van der Waals surface area contributed by atoms with Crippen LogP contribution in [0.15, 0.2) is 0 Å². The second kappa shape index (κ2) is 6.21. The minimum atomic E-state index is -0.109. The molecule has 16 heavy (non-hydrogen) atoms. The van der Waals surface area contributed by atoms with Gasteiger partial charge in [-0.1, -0.05) is 0 Å². The van der Waals surface area contributed by atoms with Gasteiger partial charge >= 0.3 is 5.97 Å². The maximum Gasteiger partial charge on any atom is 0.307 e. The number of piperidine rings is 1. The van der Waals surface area contributed by atoms with Gasteiger partial charge in [-0.25, -0.2) is 0 Å². The number of hydrogen-bond acceptors (Lipinski definition) is 4. The maximum absolute atomic E-state index is 11.2. The Hall–Kier alpha value is -0.610. The summed E-state index contributed by atoms with van der Waals surface area (Å²) in [7, 11) is 5.73. The van der Waals surface area contributed by atoms with E-state index in [2.05, 4.69) is 30.8 Å². The van der Waals surface area contributed by atoms with E-state index in [0.717, 1.165) is 13.1 Å². The Morgan fingerprint density at radius 2 is 2.00 bits per heavy atom. The van der Waals surface area contributed by atoms with Gasteiger partial charge in [0.1, 0.15) is 0 Å². The van der Waals surface area contributed by atoms with Crippen LogP contribution in [0.2, 0.25) is 0 Å². The number of nitrogens with zero attached hydrogens (tertiary/aromatic N) is 2. The minimum Gasteiger partial charge on any atom is -0.469 e. The van der Waals surface area contributed by atoms with E-state index in [0.29, 0.717) is 18.5 Å². The first kappa shape index (κ1) is 13.5. The fraction of sp³-hybridized carbons (Fsp3) is 0.917. The number of carbonyl (C=O) groups is 1. The van der Waals surface area contributed by atoms with E-state index >= 15 is 0 Å². The van der Waals surface area contributed by atoms with Gasteiger partial charge in [0.2, 0.25) is 0 Å². The molecule has 1 saturated heterocycles. The Kier molecular flexibility index (Phi) is 5.22. The average Bonchev–Trinajstić information content (AvgIpc) is 2.28. The number of carbonyl (C=O) groups excluding carboxylic acids is 1. The monoisotopic (exact) mass is 228 g/mol. The molecule has 0 amide bonds. The fourth-order valence-corrected chi connectivity index (χ4v) is 2.30. The van der Waals surface area contributed by atoms with Gasteiger partial charge in [-0.15, -0.1) is 0 Å². The molecule has 0 aromatic heterocycles. The van der Waals surface area contributed by atoms with Crippen molar-refractivity contribution in [2.75, 3.05) is 34.3 Å². The molecule has 4 heteroatoms. The molecule has 4 nitrogen and oxygen atoms in total. The van der Waals surface area contributed by atoms with Crippen molar-refractivity contribution in [3.05, 3.63) is 0 Å². The molecule has 0 spiro atoms. The van der Waals surface area contributed by atoms with Crippen molar-refractivity contribution in [1.29, 1.82) is 0 Å². The summed E-state index contributed by atoms with van der Waals surface area (Å²) in [6.45, 7) is 4.27. The Labute approximate surface area is 98.5 Å². The summed E-state index contributed by atoms with van der Waals surface area (Å²) < 4.78 is 4.70. The van der Waals surface area contributed by atoms with E-state index in [1.54, 1.807) is 0 Å². The second-order valence-corrected chi connectivity index (χ2v) is 4.86. The zero-order valence-corrected chi connectivity index (χ0v) is 10.9. The molecule has 1 rings (SSSR count). The largest absolute Gasteiger partial charge is 0.469 e. The lowest BCUT2D eigenvalue weighted by atomic mass is 10.0. The molecule has 0 bridgehead atoms. The zero-order valence-electron chi connectivity index (χ0n) is 10.9. The van der Waals surface area contributed by atoms with Crippen LogP contribution in [0.25, 0.3) is 0 Å². The maximum atomic E-state index is 11.2. The molecule has 0 aromatic rings. The van der Waals surface area contributed by atoms with Crippen molar-refractivity contribution in [3.63, 3.8) is 0 Å². The van der Waals surface area contributed by atoms with E-state index in [-0.39, 0.29) is 5.97 Å². The number of likely N-dealkylation sites (tertiary alicyclic amines) is 1. The van der Waals surface area contributed by atoms with Gasteiger partial charge in [-0.05, 0) is 47.0 Å². The van der Waals surface area contributed by atoms with Crippen molar-refractivity contribution in [1.82, 2.24) is 9.80 Å². The molecular weight excluding hydrogens is 204 g/mol. The van der Waals surface area contributed by atoms with Gasteiger partial charge < -0.3 is 9.64 Å². The number of ether oxygens (including phenoxy) is 1. The van der Waals surface area contributed by atoms with Crippen LogP contribution < -0.4 is 0 Å². The Morgan fingerprint density at radius 1 is 1.44 bits per heavy atom. The lowest BCUT2D eigenvalue weighted by Gasteiger charge is -2.38. The van der Waals surface area contributed by atoms with Crippen molar-refractivity contribution < 1.29 is 9.53 Å². The third-order valence-corrected chi connectivity index (χ3v) is 3.54. The molecule has 1 fully saturated rings. The third-order valence-electron chi connectivity index (χ3n) is 3.54. The molecular formula is C12H24N2O2. The van der Waals surface area contributed by atoms with Crippen LogP contribution in [-0.2, 0) is 9.53 Å². The van der Waals surface area contributed by atoms with Crippen LogP contribution in [-0.4, -0.2) is 62.1 Å². The van der Waals surface area contributed by atoms with Gasteiger partial charge in [0.05, 0.1) is 13.5 Å². The first-order valence-electron chi connectivity index (χ1n) is 6.02. The number of esters is 1. The van der Waals surface area contributed by atoms with E-state index in [1.165, 1.54) is 20.0 Å². The quantitative estimate of drug-likeness (QED) is 0.671. The van der Waals surface area contributed by atoms with Crippen LogP contribution in [0.3, 0.4) is 0 Å². The average molecular weight is 228 g/mol. The summed E-state index contributed by atoms with van der Waals surface area (Å²) in [5, 5.41) is 0. The van der Waals surface area contributed by atoms with Crippen molar-refractivity contribution in [3.8, 4) is 0 Å². The molecule has 0 saturated carbocycles. The van der Waals surface area contributed by atoms with E-state index in [9.17, 15) is 4.79 Å². The minimum absolute atomic E-state index is 0.109. The van der Waals surface area contributed by atoms with E-state index in [1.807, 2.05) is 0 Å². The van der Waals surface area contributed by atoms with Crippen molar-refractivity contribution in [2.24, 2.45) is 0 Å². The Bertz CT molecular complexity index is 223. The van der Waals surface area contributed by atoms with Crippen LogP contribution in [0, 0.1) is 0 Å². The summed E-state index contributed by atoms with van der Waals surface area (Å²) in [6, 6.07) is 0.997. The predicted octanol–water partition coefficient (Wildman–Crippen LogP) is 0.964. The predicted molar refractivity (Wildman–Crippen MR) is 64.4 cm³/mol. The fourth-order valence-electron chi connectivity index (χ4n) is 2.30. The zero-order chi connectivity index (χ0) is 12.1. The standard InChI is InChI=1S/C12H24N2O2/c1-10(9-12(15)16-4)14-7-5-11(6-8-14)13(2)3/h10-11H,5-9H2,1-4H3. The third kappa shape index (κ3) is 3.76. The van der Waals surface area contributed by atoms with Gasteiger partial charge in [0.25, 0.3) is 0 Å². The normalized spacial score (nSPS) is 21.1. The van der Waals surface area contributed by atoms with Gasteiger partial charge in [-0.3, -0.25) is 9.69 Å². The highest BCUT2D eigenvalue weighted by Crippen LogP contribution is 2.17. The van der Waals surface area contributed by atoms with Crippen LogP contribution in [0.4, 0.5) is 0 Å². The van der Waals surface area contributed by atoms with Crippen molar-refractivity contribution in [2.45, 2.75) is 38.3 Å². The lowest BCUT2D eigenvalue weighted by molar-refractivity contribution is -0.142. The Morgan fingerprint density at radius 3 is 2.44 bits per heavy atom. The van der Waals surface area contributed by atoms with Crippen molar-refractivity contribution >= 4 is 5.97 Å². The highest BCUT2D eigenvalue weighted by Gasteiger charge is 2.24. The molecule has 0 aromatic carbocycles. The molecule has 1 atom stereocenters. The highest BCUT2D eigenvalue weighted by molar-refractivity contribution is 5.69. The number of rotatable bonds is 4. The first-order valence-corrected chi connectivity index (χ1v) is 6.02. The first-order chi connectivity index (χ1) is 7.54. The molecule has 0 N–H and O–H groups in total. The van der Waals surface area contributed by atoms with Gasteiger partial charge in [0, 0.05) is 12.1 Å². The molecule has 1 unspecified atom stereocenters. The molecule has 1 aliphatic rings. The Balaban J connectivity index is 2.32. The summed E-state index contributed by atoms with van der Waals surface area (Å²) in [6.07, 6.45) is 2.89. The summed E-state index contributed by atoms with van der Waals surface area (Å²) >= 11 is 0. The lowest BCUT2D eigenvalue weighted by Crippen LogP contribution is -2.46. The molecule has 1 aliphatic heterocycles. The molecule has 94 valence electrons. The molecule has 1 heterocycles. The summed E-state index contributed by atoms with van der Waals surface area (Å²) in [4.78, 5) is 15.9. The van der Waals surface area contributed by atoms with Crippen LogP contribution >= 0.6 is 0 Å². The molecule has 0 aliphatic carbocycles. The SMILES string of the molecule is COC(=O)CC(C)N1CCC(N(C)C)CC1. The highest BCUT2D eigenvalue weighted by atomic mass is 16.5. The number of hydrogen-bond donors (Lipinski definition) is 0. The van der Waals surface area contributed by atoms with Crippen LogP contribution in [0.5, 0.6) is 0 Å². The molecule has 0 radical (unpaired) electrons. The summed E-state index contributed by atoms with van der Waals surface area (Å²) in [5.74, 6) is -0.109. The van der Waals surface area contributed by atoms with E-state index < -0.39 is 0 Å².